The van der Waals surface area contributed by atoms with Crippen molar-refractivity contribution in [2.45, 2.75) is 4.90 Å². The van der Waals surface area contributed by atoms with Crippen LogP contribution in [-0.2, 0) is 10.0 Å². The highest BCUT2D eigenvalue weighted by atomic mass is 127. The molecule has 2 N–H and O–H groups in total. The highest BCUT2D eigenvalue weighted by molar-refractivity contribution is 14.1. The molecule has 0 atom stereocenters. The second-order valence-electron chi connectivity index (χ2n) is 4.97. The van der Waals surface area contributed by atoms with Crippen LogP contribution in [0.1, 0.15) is 10.4 Å². The van der Waals surface area contributed by atoms with Crippen molar-refractivity contribution in [2.75, 3.05) is 19.0 Å². The molecular weight excluding hydrogens is 455 g/mol. The van der Waals surface area contributed by atoms with Crippen LogP contribution < -0.4 is 14.8 Å². The third-order valence-electron chi connectivity index (χ3n) is 3.25. The summed E-state index contributed by atoms with van der Waals surface area (Å²) in [6.07, 6.45) is 1.46. The lowest BCUT2D eigenvalue weighted by atomic mass is 10.2. The van der Waals surface area contributed by atoms with Crippen molar-refractivity contribution in [1.82, 2.24) is 4.72 Å². The van der Waals surface area contributed by atoms with Crippen LogP contribution in [0.4, 0.5) is 5.69 Å². The number of amides is 1. The summed E-state index contributed by atoms with van der Waals surface area (Å²) in [5.41, 5.74) is 0.980. The molecule has 132 valence electrons. The van der Waals surface area contributed by atoms with Crippen LogP contribution in [0.3, 0.4) is 0 Å². The number of ether oxygens (including phenoxy) is 1. The monoisotopic (exact) mass is 472 g/mol. The summed E-state index contributed by atoms with van der Waals surface area (Å²) in [5.74, 6) is 0.402. The van der Waals surface area contributed by atoms with Crippen LogP contribution in [0.15, 0.2) is 60.0 Å². The van der Waals surface area contributed by atoms with Gasteiger partial charge in [0.1, 0.15) is 5.75 Å². The minimum atomic E-state index is -3.58. The van der Waals surface area contributed by atoms with E-state index in [-0.39, 0.29) is 17.3 Å². The molecule has 0 aliphatic rings. The zero-order chi connectivity index (χ0) is 18.4. The van der Waals surface area contributed by atoms with E-state index in [1.807, 2.05) is 0 Å². The molecule has 0 saturated carbocycles. The highest BCUT2D eigenvalue weighted by Gasteiger charge is 2.13. The molecule has 2 rings (SSSR count). The van der Waals surface area contributed by atoms with E-state index < -0.39 is 10.0 Å². The summed E-state index contributed by atoms with van der Waals surface area (Å²) in [6.45, 7) is 3.62. The average Bonchev–Trinajstić information content (AvgIpc) is 2.60. The topological polar surface area (TPSA) is 84.5 Å². The van der Waals surface area contributed by atoms with Crippen molar-refractivity contribution in [3.8, 4) is 5.75 Å². The van der Waals surface area contributed by atoms with Gasteiger partial charge in [0, 0.05) is 17.8 Å². The fourth-order valence-electron chi connectivity index (χ4n) is 1.98. The maximum absolute atomic E-state index is 12.3. The predicted molar refractivity (Wildman–Crippen MR) is 105 cm³/mol. The second-order valence-corrected chi connectivity index (χ2v) is 7.90. The number of halogens is 1. The van der Waals surface area contributed by atoms with Gasteiger partial charge in [-0.25, -0.2) is 13.1 Å². The predicted octanol–water partition coefficient (Wildman–Crippen LogP) is 3.02. The Morgan fingerprint density at radius 1 is 1.24 bits per heavy atom. The molecule has 6 nitrogen and oxygen atoms in total. The first-order valence-electron chi connectivity index (χ1n) is 7.23. The van der Waals surface area contributed by atoms with Crippen LogP contribution in [0.2, 0.25) is 0 Å². The van der Waals surface area contributed by atoms with E-state index in [1.165, 1.54) is 30.3 Å². The van der Waals surface area contributed by atoms with Gasteiger partial charge < -0.3 is 10.1 Å². The Kier molecular flexibility index (Phi) is 6.57. The van der Waals surface area contributed by atoms with E-state index in [1.54, 1.807) is 25.3 Å². The molecular formula is C17H17IN2O4S. The smallest absolute Gasteiger partial charge is 0.255 e. The molecule has 0 spiro atoms. The lowest BCUT2D eigenvalue weighted by Gasteiger charge is -2.09. The lowest BCUT2D eigenvalue weighted by molar-refractivity contribution is 0.102. The molecule has 0 unspecified atom stereocenters. The number of rotatable bonds is 7. The van der Waals surface area contributed by atoms with Gasteiger partial charge in [-0.2, -0.15) is 0 Å². The molecule has 25 heavy (non-hydrogen) atoms. The largest absolute Gasteiger partial charge is 0.496 e. The van der Waals surface area contributed by atoms with Crippen molar-refractivity contribution in [2.24, 2.45) is 0 Å². The zero-order valence-corrected chi connectivity index (χ0v) is 16.4. The maximum atomic E-state index is 12.3. The van der Waals surface area contributed by atoms with Crippen molar-refractivity contribution in [3.63, 3.8) is 0 Å². The van der Waals surface area contributed by atoms with Crippen LogP contribution in [0, 0.1) is 3.57 Å². The molecule has 0 saturated heterocycles. The second kappa shape index (κ2) is 8.45. The number of benzene rings is 2. The third kappa shape index (κ3) is 5.03. The molecule has 0 bridgehead atoms. The molecule has 2 aromatic rings. The highest BCUT2D eigenvalue weighted by Crippen LogP contribution is 2.22. The van der Waals surface area contributed by atoms with Gasteiger partial charge in [-0.15, -0.1) is 6.58 Å². The van der Waals surface area contributed by atoms with Crippen molar-refractivity contribution in [1.29, 1.82) is 0 Å². The van der Waals surface area contributed by atoms with Crippen LogP contribution >= 0.6 is 22.6 Å². The summed E-state index contributed by atoms with van der Waals surface area (Å²) < 4.78 is 32.3. The van der Waals surface area contributed by atoms with Crippen molar-refractivity contribution in [3.05, 3.63) is 64.3 Å². The molecule has 8 heteroatoms. The first-order chi connectivity index (χ1) is 11.9. The fourth-order valence-corrected chi connectivity index (χ4v) is 3.71. The van der Waals surface area contributed by atoms with Crippen LogP contribution in [-0.4, -0.2) is 28.0 Å². The Morgan fingerprint density at radius 3 is 2.48 bits per heavy atom. The molecule has 0 fully saturated rings. The molecule has 2 aromatic carbocycles. The van der Waals surface area contributed by atoms with E-state index in [4.69, 9.17) is 4.74 Å². The first kappa shape index (κ1) is 19.4. The number of methoxy groups -OCH3 is 1. The Labute approximate surface area is 160 Å². The number of carbonyl (C=O) groups excluding carboxylic acids is 1. The van der Waals surface area contributed by atoms with Gasteiger partial charge in [0.05, 0.1) is 15.6 Å². The summed E-state index contributed by atoms with van der Waals surface area (Å²) in [7, 11) is -2.02. The number of carbonyl (C=O) groups is 1. The number of sulfonamides is 1. The standard InChI is InChI=1S/C17H17IN2O4S/c1-3-10-19-25(22,23)14-7-5-13(6-8-14)20-17(21)12-4-9-16(24-2)15(18)11-12/h3-9,11,19H,1,10H2,2H3,(H,20,21). The normalized spacial score (nSPS) is 11.0. The molecule has 0 aliphatic carbocycles. The molecule has 0 heterocycles. The van der Waals surface area contributed by atoms with Gasteiger partial charge >= 0.3 is 0 Å². The van der Waals surface area contributed by atoms with E-state index >= 15 is 0 Å². The summed E-state index contributed by atoms with van der Waals surface area (Å²) >= 11 is 2.09. The fraction of sp³-hybridized carbons (Fsp3) is 0.118. The van der Waals surface area contributed by atoms with Crippen LogP contribution in [0.5, 0.6) is 5.75 Å². The quantitative estimate of drug-likeness (QED) is 0.480. The minimum Gasteiger partial charge on any atom is -0.496 e. The van der Waals surface area contributed by atoms with E-state index in [0.29, 0.717) is 17.0 Å². The minimum absolute atomic E-state index is 0.117. The Hall–Kier alpha value is -1.91. The third-order valence-corrected chi connectivity index (χ3v) is 5.54. The van der Waals surface area contributed by atoms with E-state index in [9.17, 15) is 13.2 Å². The summed E-state index contributed by atoms with van der Waals surface area (Å²) in [5, 5.41) is 2.73. The van der Waals surface area contributed by atoms with E-state index in [0.717, 1.165) is 3.57 Å². The number of hydrogen-bond acceptors (Lipinski definition) is 4. The summed E-state index contributed by atoms with van der Waals surface area (Å²) in [4.78, 5) is 12.4. The van der Waals surface area contributed by atoms with Crippen molar-refractivity contribution < 1.29 is 17.9 Å². The molecule has 0 aliphatic heterocycles. The number of anilines is 1. The van der Waals surface area contributed by atoms with Gasteiger partial charge in [0.25, 0.3) is 5.91 Å². The van der Waals surface area contributed by atoms with Crippen molar-refractivity contribution >= 4 is 44.2 Å². The Balaban J connectivity index is 2.12. The average molecular weight is 472 g/mol. The molecule has 0 aromatic heterocycles. The van der Waals surface area contributed by atoms with Crippen LogP contribution in [0.25, 0.3) is 0 Å². The van der Waals surface area contributed by atoms with Gasteiger partial charge in [0.15, 0.2) is 0 Å². The van der Waals surface area contributed by atoms with Gasteiger partial charge in [-0.3, -0.25) is 4.79 Å². The Morgan fingerprint density at radius 2 is 1.92 bits per heavy atom. The van der Waals surface area contributed by atoms with E-state index in [2.05, 4.69) is 39.2 Å². The van der Waals surface area contributed by atoms with Gasteiger partial charge in [0.2, 0.25) is 10.0 Å². The van der Waals surface area contributed by atoms with Gasteiger partial charge in [-0.05, 0) is 65.1 Å². The molecule has 0 radical (unpaired) electrons. The zero-order valence-electron chi connectivity index (χ0n) is 13.5. The Bertz CT molecular complexity index is 880. The number of hydrogen-bond donors (Lipinski definition) is 2. The first-order valence-corrected chi connectivity index (χ1v) is 9.79. The molecule has 1 amide bonds. The van der Waals surface area contributed by atoms with Gasteiger partial charge in [-0.1, -0.05) is 6.08 Å². The SMILES string of the molecule is C=CCNS(=O)(=O)c1ccc(NC(=O)c2ccc(OC)c(I)c2)cc1. The maximum Gasteiger partial charge on any atom is 0.255 e. The number of nitrogens with one attached hydrogen (secondary N) is 2. The summed E-state index contributed by atoms with van der Waals surface area (Å²) in [6, 6.07) is 11.0. The lowest BCUT2D eigenvalue weighted by Crippen LogP contribution is -2.23.